The molecular formula is C26H25ClN4O3S. The fourth-order valence-corrected chi connectivity index (χ4v) is 5.03. The van der Waals surface area contributed by atoms with Gasteiger partial charge in [0.25, 0.3) is 5.91 Å². The van der Waals surface area contributed by atoms with Gasteiger partial charge >= 0.3 is 0 Å². The van der Waals surface area contributed by atoms with E-state index in [4.69, 9.17) is 26.2 Å². The number of morpholine rings is 1. The molecule has 0 unspecified atom stereocenters. The molecule has 35 heavy (non-hydrogen) atoms. The molecule has 2 aromatic carbocycles. The Labute approximate surface area is 213 Å². The van der Waals surface area contributed by atoms with E-state index in [-0.39, 0.29) is 5.91 Å². The Morgan fingerprint density at radius 1 is 1.17 bits per heavy atom. The van der Waals surface area contributed by atoms with Crippen LogP contribution in [0.3, 0.4) is 0 Å². The number of rotatable bonds is 6. The van der Waals surface area contributed by atoms with Crippen LogP contribution in [0.5, 0.6) is 5.75 Å². The molecule has 2 aliphatic rings. The first-order valence-corrected chi connectivity index (χ1v) is 12.7. The summed E-state index contributed by atoms with van der Waals surface area (Å²) in [7, 11) is 0. The lowest BCUT2D eigenvalue weighted by Crippen LogP contribution is -2.38. The smallest absolute Gasteiger partial charge is 0.286 e. The lowest BCUT2D eigenvalue weighted by atomic mass is 10.1. The van der Waals surface area contributed by atoms with Gasteiger partial charge < -0.3 is 14.4 Å². The molecule has 7 nitrogen and oxygen atoms in total. The molecule has 5 rings (SSSR count). The Hall–Kier alpha value is -3.07. The number of amidine groups is 1. The molecule has 0 aliphatic carbocycles. The third-order valence-electron chi connectivity index (χ3n) is 5.61. The van der Waals surface area contributed by atoms with E-state index in [9.17, 15) is 4.79 Å². The van der Waals surface area contributed by atoms with Gasteiger partial charge in [-0.25, -0.2) is 4.68 Å². The molecule has 1 amide bonds. The standard InChI is InChI=1S/C26H25ClN4O3S/c1-2-12-34-22-9-8-18(15-21(22)27)24-19(17-31(29-24)20-6-4-3-5-7-20)16-23-25(32)28-26(35-23)30-10-13-33-14-11-30/h3-9,15-17H,2,10-14H2,1H3/b23-16-. The van der Waals surface area contributed by atoms with Gasteiger partial charge in [-0.1, -0.05) is 36.7 Å². The molecular weight excluding hydrogens is 484 g/mol. The van der Waals surface area contributed by atoms with E-state index in [0.29, 0.717) is 35.5 Å². The first-order valence-electron chi connectivity index (χ1n) is 11.6. The minimum Gasteiger partial charge on any atom is -0.492 e. The molecule has 9 heteroatoms. The van der Waals surface area contributed by atoms with Crippen molar-refractivity contribution in [3.63, 3.8) is 0 Å². The highest BCUT2D eigenvalue weighted by Gasteiger charge is 2.28. The number of ether oxygens (including phenoxy) is 2. The van der Waals surface area contributed by atoms with Crippen LogP contribution < -0.4 is 4.74 Å². The van der Waals surface area contributed by atoms with E-state index in [1.165, 1.54) is 11.8 Å². The second-order valence-corrected chi connectivity index (χ2v) is 9.53. The number of aromatic nitrogens is 2. The number of benzene rings is 2. The number of halogens is 1. The molecule has 2 aliphatic heterocycles. The summed E-state index contributed by atoms with van der Waals surface area (Å²) in [6, 6.07) is 15.5. The van der Waals surface area contributed by atoms with E-state index >= 15 is 0 Å². The van der Waals surface area contributed by atoms with Crippen LogP contribution in [0.4, 0.5) is 0 Å². The van der Waals surface area contributed by atoms with Crippen LogP contribution >= 0.6 is 23.4 Å². The normalized spacial score (nSPS) is 17.2. The van der Waals surface area contributed by atoms with Crippen LogP contribution in [0, 0.1) is 0 Å². The fourth-order valence-electron chi connectivity index (χ4n) is 3.84. The molecule has 1 fully saturated rings. The average Bonchev–Trinajstić information content (AvgIpc) is 3.48. The summed E-state index contributed by atoms with van der Waals surface area (Å²) in [5.41, 5.74) is 3.29. The molecule has 0 bridgehead atoms. The van der Waals surface area contributed by atoms with Crippen molar-refractivity contribution in [2.45, 2.75) is 13.3 Å². The monoisotopic (exact) mass is 508 g/mol. The molecule has 0 spiro atoms. The number of aliphatic imine (C=N–C) groups is 1. The number of carbonyl (C=O) groups excluding carboxylic acids is 1. The number of hydrogen-bond donors (Lipinski definition) is 0. The molecule has 0 radical (unpaired) electrons. The number of thioether (sulfide) groups is 1. The van der Waals surface area contributed by atoms with Crippen LogP contribution in [-0.4, -0.2) is 58.7 Å². The maximum Gasteiger partial charge on any atom is 0.286 e. The molecule has 0 N–H and O–H groups in total. The summed E-state index contributed by atoms with van der Waals surface area (Å²) >= 11 is 7.92. The average molecular weight is 509 g/mol. The number of carbonyl (C=O) groups is 1. The van der Waals surface area contributed by atoms with Crippen molar-refractivity contribution < 1.29 is 14.3 Å². The Bertz CT molecular complexity index is 1280. The minimum absolute atomic E-state index is 0.240. The highest BCUT2D eigenvalue weighted by atomic mass is 35.5. The largest absolute Gasteiger partial charge is 0.492 e. The van der Waals surface area contributed by atoms with Crippen molar-refractivity contribution in [3.05, 3.63) is 70.2 Å². The Kier molecular flexibility index (Phi) is 7.22. The minimum atomic E-state index is -0.240. The Morgan fingerprint density at radius 3 is 2.71 bits per heavy atom. The zero-order valence-corrected chi connectivity index (χ0v) is 20.9. The van der Waals surface area contributed by atoms with Gasteiger partial charge in [0, 0.05) is 30.4 Å². The second kappa shape index (κ2) is 10.7. The summed E-state index contributed by atoms with van der Waals surface area (Å²) in [6.45, 7) is 5.39. The lowest BCUT2D eigenvalue weighted by molar-refractivity contribution is -0.113. The maximum atomic E-state index is 12.8. The van der Waals surface area contributed by atoms with Gasteiger partial charge in [0.05, 0.1) is 35.4 Å². The van der Waals surface area contributed by atoms with Crippen LogP contribution in [0.1, 0.15) is 18.9 Å². The van der Waals surface area contributed by atoms with Crippen LogP contribution in [0.15, 0.2) is 64.6 Å². The first-order chi connectivity index (χ1) is 17.1. The Balaban J connectivity index is 1.50. The molecule has 0 saturated carbocycles. The maximum absolute atomic E-state index is 12.8. The van der Waals surface area contributed by atoms with E-state index < -0.39 is 0 Å². The second-order valence-electron chi connectivity index (χ2n) is 8.12. The Morgan fingerprint density at radius 2 is 1.97 bits per heavy atom. The van der Waals surface area contributed by atoms with Crippen molar-refractivity contribution in [2.24, 2.45) is 4.99 Å². The lowest BCUT2D eigenvalue weighted by Gasteiger charge is -2.27. The summed E-state index contributed by atoms with van der Waals surface area (Å²) < 4.78 is 13.0. The summed E-state index contributed by atoms with van der Waals surface area (Å²) in [5.74, 6) is 0.404. The molecule has 0 atom stereocenters. The zero-order chi connectivity index (χ0) is 24.2. The number of para-hydroxylation sites is 1. The topological polar surface area (TPSA) is 68.9 Å². The summed E-state index contributed by atoms with van der Waals surface area (Å²) in [4.78, 5) is 19.7. The quantitative estimate of drug-likeness (QED) is 0.422. The van der Waals surface area contributed by atoms with Crippen LogP contribution in [0.25, 0.3) is 23.0 Å². The van der Waals surface area contributed by atoms with Gasteiger partial charge in [0.1, 0.15) is 11.4 Å². The summed E-state index contributed by atoms with van der Waals surface area (Å²) in [5, 5.41) is 6.09. The van der Waals surface area contributed by atoms with Gasteiger partial charge in [-0.15, -0.1) is 0 Å². The summed E-state index contributed by atoms with van der Waals surface area (Å²) in [6.07, 6.45) is 4.69. The predicted octanol–water partition coefficient (Wildman–Crippen LogP) is 5.28. The van der Waals surface area contributed by atoms with E-state index in [1.54, 1.807) is 0 Å². The number of hydrogen-bond acceptors (Lipinski definition) is 6. The fraction of sp³-hybridized carbons (Fsp3) is 0.269. The highest BCUT2D eigenvalue weighted by Crippen LogP contribution is 2.35. The number of amides is 1. The molecule has 1 aromatic heterocycles. The predicted molar refractivity (Wildman–Crippen MR) is 140 cm³/mol. The van der Waals surface area contributed by atoms with Crippen molar-refractivity contribution in [2.75, 3.05) is 32.9 Å². The molecule has 180 valence electrons. The van der Waals surface area contributed by atoms with Crippen molar-refractivity contribution in [1.82, 2.24) is 14.7 Å². The number of nitrogens with zero attached hydrogens (tertiary/aromatic N) is 4. The highest BCUT2D eigenvalue weighted by molar-refractivity contribution is 8.18. The van der Waals surface area contributed by atoms with Crippen molar-refractivity contribution >= 4 is 40.5 Å². The van der Waals surface area contributed by atoms with E-state index in [0.717, 1.165) is 47.2 Å². The van der Waals surface area contributed by atoms with Gasteiger partial charge in [-0.3, -0.25) is 4.79 Å². The molecule has 3 aromatic rings. The third-order valence-corrected chi connectivity index (χ3v) is 6.95. The zero-order valence-electron chi connectivity index (χ0n) is 19.3. The van der Waals surface area contributed by atoms with Crippen LogP contribution in [-0.2, 0) is 9.53 Å². The van der Waals surface area contributed by atoms with E-state index in [1.807, 2.05) is 65.5 Å². The SMILES string of the molecule is CCCOc1ccc(-c2nn(-c3ccccc3)cc2/C=C2\SC(N3CCOCC3)=NC2=O)cc1Cl. The van der Waals surface area contributed by atoms with Gasteiger partial charge in [-0.05, 0) is 54.6 Å². The first kappa shape index (κ1) is 23.7. The van der Waals surface area contributed by atoms with Gasteiger partial charge in [0.2, 0.25) is 0 Å². The third kappa shape index (κ3) is 5.29. The van der Waals surface area contributed by atoms with Crippen LogP contribution in [0.2, 0.25) is 5.02 Å². The molecule has 3 heterocycles. The van der Waals surface area contributed by atoms with Crippen molar-refractivity contribution in [1.29, 1.82) is 0 Å². The van der Waals surface area contributed by atoms with Gasteiger partial charge in [0.15, 0.2) is 5.17 Å². The molecule has 1 saturated heterocycles. The van der Waals surface area contributed by atoms with Crippen molar-refractivity contribution in [3.8, 4) is 22.7 Å². The van der Waals surface area contributed by atoms with Gasteiger partial charge in [-0.2, -0.15) is 10.1 Å². The van der Waals surface area contributed by atoms with E-state index in [2.05, 4.69) is 16.8 Å².